The van der Waals surface area contributed by atoms with Gasteiger partial charge in [0.1, 0.15) is 0 Å². The third-order valence-corrected chi connectivity index (χ3v) is 3.47. The lowest BCUT2D eigenvalue weighted by Gasteiger charge is -2.36. The molecular weight excluding hydrogens is 160 g/mol. The van der Waals surface area contributed by atoms with Crippen LogP contribution in [0.5, 0.6) is 0 Å². The highest BCUT2D eigenvalue weighted by Crippen LogP contribution is 2.35. The molecule has 0 bridgehead atoms. The number of aliphatic hydroxyl groups is 1. The van der Waals surface area contributed by atoms with Crippen LogP contribution in [0.15, 0.2) is 0 Å². The quantitative estimate of drug-likeness (QED) is 0.714. The standard InChI is InChI=1S/C12H24O/c1-4-5-6-11-8-9(2)7-10(3)12(11)13/h9-13H,4-8H2,1-3H3. The summed E-state index contributed by atoms with van der Waals surface area (Å²) in [5.74, 6) is 1.92. The maximum absolute atomic E-state index is 9.98. The molecule has 78 valence electrons. The van der Waals surface area contributed by atoms with E-state index in [1.165, 1.54) is 32.1 Å². The zero-order chi connectivity index (χ0) is 9.84. The van der Waals surface area contributed by atoms with Crippen LogP contribution in [0.2, 0.25) is 0 Å². The van der Waals surface area contributed by atoms with Crippen molar-refractivity contribution in [1.29, 1.82) is 0 Å². The molecule has 1 N–H and O–H groups in total. The van der Waals surface area contributed by atoms with E-state index in [-0.39, 0.29) is 6.10 Å². The van der Waals surface area contributed by atoms with Crippen LogP contribution in [-0.4, -0.2) is 11.2 Å². The molecule has 1 nitrogen and oxygen atoms in total. The Morgan fingerprint density at radius 2 is 1.92 bits per heavy atom. The average molecular weight is 184 g/mol. The Balaban J connectivity index is 2.41. The van der Waals surface area contributed by atoms with Gasteiger partial charge in [-0.2, -0.15) is 0 Å². The summed E-state index contributed by atoms with van der Waals surface area (Å²) in [6.07, 6.45) is 6.19. The van der Waals surface area contributed by atoms with Gasteiger partial charge >= 0.3 is 0 Å². The molecule has 0 aromatic carbocycles. The van der Waals surface area contributed by atoms with Gasteiger partial charge in [0.25, 0.3) is 0 Å². The predicted octanol–water partition coefficient (Wildman–Crippen LogP) is 3.22. The van der Waals surface area contributed by atoms with Gasteiger partial charge in [-0.15, -0.1) is 0 Å². The Morgan fingerprint density at radius 1 is 1.23 bits per heavy atom. The van der Waals surface area contributed by atoms with Crippen LogP contribution in [0, 0.1) is 17.8 Å². The molecule has 0 amide bonds. The predicted molar refractivity (Wildman–Crippen MR) is 56.6 cm³/mol. The summed E-state index contributed by atoms with van der Waals surface area (Å²) < 4.78 is 0. The van der Waals surface area contributed by atoms with E-state index in [2.05, 4.69) is 20.8 Å². The van der Waals surface area contributed by atoms with Crippen molar-refractivity contribution in [2.24, 2.45) is 17.8 Å². The molecular formula is C12H24O. The monoisotopic (exact) mass is 184 g/mol. The van der Waals surface area contributed by atoms with Gasteiger partial charge in [0.2, 0.25) is 0 Å². The largest absolute Gasteiger partial charge is 0.393 e. The maximum Gasteiger partial charge on any atom is 0.0594 e. The van der Waals surface area contributed by atoms with Gasteiger partial charge in [-0.3, -0.25) is 0 Å². The molecule has 0 aliphatic heterocycles. The SMILES string of the molecule is CCCCC1CC(C)CC(C)C1O. The molecule has 1 aliphatic carbocycles. The summed E-state index contributed by atoms with van der Waals surface area (Å²) in [5, 5.41) is 9.98. The Kier molecular flexibility index (Phi) is 4.24. The number of rotatable bonds is 3. The van der Waals surface area contributed by atoms with Crippen LogP contribution in [0.25, 0.3) is 0 Å². The lowest BCUT2D eigenvalue weighted by Crippen LogP contribution is -2.34. The Morgan fingerprint density at radius 3 is 2.54 bits per heavy atom. The number of unbranched alkanes of at least 4 members (excludes halogenated alkanes) is 1. The summed E-state index contributed by atoms with van der Waals surface area (Å²) in [4.78, 5) is 0. The molecule has 1 fully saturated rings. The highest BCUT2D eigenvalue weighted by molar-refractivity contribution is 4.82. The number of hydrogen-bond donors (Lipinski definition) is 1. The van der Waals surface area contributed by atoms with E-state index in [9.17, 15) is 5.11 Å². The molecule has 4 atom stereocenters. The topological polar surface area (TPSA) is 20.2 Å². The Hall–Kier alpha value is -0.0400. The summed E-state index contributed by atoms with van der Waals surface area (Å²) in [7, 11) is 0. The third-order valence-electron chi connectivity index (χ3n) is 3.47. The van der Waals surface area contributed by atoms with E-state index < -0.39 is 0 Å². The first kappa shape index (κ1) is 11.0. The first-order valence-corrected chi connectivity index (χ1v) is 5.83. The van der Waals surface area contributed by atoms with Crippen molar-refractivity contribution in [3.63, 3.8) is 0 Å². The van der Waals surface area contributed by atoms with E-state index in [1.54, 1.807) is 0 Å². The second-order valence-electron chi connectivity index (χ2n) is 4.95. The van der Waals surface area contributed by atoms with Gasteiger partial charge in [0.05, 0.1) is 6.10 Å². The molecule has 4 unspecified atom stereocenters. The summed E-state index contributed by atoms with van der Waals surface area (Å²) in [5.41, 5.74) is 0. The minimum Gasteiger partial charge on any atom is -0.393 e. The second-order valence-corrected chi connectivity index (χ2v) is 4.95. The van der Waals surface area contributed by atoms with Crippen molar-refractivity contribution in [1.82, 2.24) is 0 Å². The number of hydrogen-bond acceptors (Lipinski definition) is 1. The minimum absolute atomic E-state index is 0.0252. The van der Waals surface area contributed by atoms with E-state index >= 15 is 0 Å². The van der Waals surface area contributed by atoms with E-state index in [0.29, 0.717) is 11.8 Å². The van der Waals surface area contributed by atoms with Gasteiger partial charge in [-0.25, -0.2) is 0 Å². The molecule has 0 spiro atoms. The van der Waals surface area contributed by atoms with Crippen molar-refractivity contribution in [3.8, 4) is 0 Å². The molecule has 13 heavy (non-hydrogen) atoms. The molecule has 0 radical (unpaired) electrons. The van der Waals surface area contributed by atoms with Crippen LogP contribution in [0.4, 0.5) is 0 Å². The normalized spacial score (nSPS) is 40.6. The lowest BCUT2D eigenvalue weighted by molar-refractivity contribution is 0.00265. The highest BCUT2D eigenvalue weighted by Gasteiger charge is 2.31. The van der Waals surface area contributed by atoms with Crippen LogP contribution in [0.1, 0.15) is 52.9 Å². The van der Waals surface area contributed by atoms with Gasteiger partial charge < -0.3 is 5.11 Å². The molecule has 1 aliphatic rings. The molecule has 1 rings (SSSR count). The van der Waals surface area contributed by atoms with Crippen LogP contribution in [0.3, 0.4) is 0 Å². The van der Waals surface area contributed by atoms with Gasteiger partial charge in [0, 0.05) is 0 Å². The molecule has 1 saturated carbocycles. The van der Waals surface area contributed by atoms with E-state index in [0.717, 1.165) is 5.92 Å². The summed E-state index contributed by atoms with van der Waals surface area (Å²) in [6, 6.07) is 0. The lowest BCUT2D eigenvalue weighted by atomic mass is 9.73. The van der Waals surface area contributed by atoms with E-state index in [4.69, 9.17) is 0 Å². The van der Waals surface area contributed by atoms with Gasteiger partial charge in [-0.05, 0) is 37.0 Å². The van der Waals surface area contributed by atoms with Gasteiger partial charge in [-0.1, -0.05) is 33.6 Å². The first-order chi connectivity index (χ1) is 6.15. The Bertz CT molecular complexity index is 144. The van der Waals surface area contributed by atoms with E-state index in [1.807, 2.05) is 0 Å². The van der Waals surface area contributed by atoms with Crippen molar-refractivity contribution in [2.75, 3.05) is 0 Å². The average Bonchev–Trinajstić information content (AvgIpc) is 2.09. The minimum atomic E-state index is -0.0252. The molecule has 0 aromatic rings. The molecule has 0 heterocycles. The second kappa shape index (κ2) is 4.99. The summed E-state index contributed by atoms with van der Waals surface area (Å²) >= 11 is 0. The fourth-order valence-electron chi connectivity index (χ4n) is 2.75. The Labute approximate surface area is 82.5 Å². The third kappa shape index (κ3) is 2.98. The highest BCUT2D eigenvalue weighted by atomic mass is 16.3. The smallest absolute Gasteiger partial charge is 0.0594 e. The van der Waals surface area contributed by atoms with Crippen molar-refractivity contribution in [3.05, 3.63) is 0 Å². The summed E-state index contributed by atoms with van der Waals surface area (Å²) in [6.45, 7) is 6.74. The molecule has 0 aromatic heterocycles. The fraction of sp³-hybridized carbons (Fsp3) is 1.00. The van der Waals surface area contributed by atoms with Crippen LogP contribution in [-0.2, 0) is 0 Å². The van der Waals surface area contributed by atoms with Crippen molar-refractivity contribution in [2.45, 2.75) is 59.0 Å². The van der Waals surface area contributed by atoms with Gasteiger partial charge in [0.15, 0.2) is 0 Å². The van der Waals surface area contributed by atoms with Crippen LogP contribution >= 0.6 is 0 Å². The fourth-order valence-corrected chi connectivity index (χ4v) is 2.75. The van der Waals surface area contributed by atoms with Crippen LogP contribution < -0.4 is 0 Å². The van der Waals surface area contributed by atoms with Crippen molar-refractivity contribution < 1.29 is 5.11 Å². The molecule has 0 saturated heterocycles. The molecule has 1 heteroatoms. The maximum atomic E-state index is 9.98. The number of aliphatic hydroxyl groups excluding tert-OH is 1. The zero-order valence-electron chi connectivity index (χ0n) is 9.29. The first-order valence-electron chi connectivity index (χ1n) is 5.83. The zero-order valence-corrected chi connectivity index (χ0v) is 9.29. The van der Waals surface area contributed by atoms with Crippen molar-refractivity contribution >= 4 is 0 Å².